The number of piperazine rings is 1. The van der Waals surface area contributed by atoms with Crippen molar-refractivity contribution in [2.45, 2.75) is 0 Å². The molecule has 2 aromatic heterocycles. The molecule has 0 aromatic carbocycles. The first-order valence-corrected chi connectivity index (χ1v) is 8.38. The minimum Gasteiger partial charge on any atom is -0.479 e. The molecule has 3 heterocycles. The number of nitrogens with zero attached hydrogens (tertiary/aromatic N) is 5. The van der Waals surface area contributed by atoms with Crippen LogP contribution in [0.4, 0.5) is 5.82 Å². The van der Waals surface area contributed by atoms with Crippen molar-refractivity contribution in [3.05, 3.63) is 36.2 Å². The number of hydrogen-bond donors (Lipinski definition) is 1. The quantitative estimate of drug-likeness (QED) is 0.803. The van der Waals surface area contributed by atoms with Gasteiger partial charge in [0.1, 0.15) is 11.4 Å². The number of anilines is 1. The second kappa shape index (κ2) is 7.85. The lowest BCUT2D eigenvalue weighted by Crippen LogP contribution is -2.51. The summed E-state index contributed by atoms with van der Waals surface area (Å²) in [7, 11) is 3.15. The van der Waals surface area contributed by atoms with Gasteiger partial charge in [-0.2, -0.15) is 0 Å². The molecule has 0 bridgehead atoms. The predicted octanol–water partition coefficient (Wildman–Crippen LogP) is -0.0977. The van der Waals surface area contributed by atoms with E-state index in [1.807, 2.05) is 18.2 Å². The van der Waals surface area contributed by atoms with Crippen molar-refractivity contribution in [2.75, 3.05) is 44.7 Å². The SMILES string of the molecule is COc1nn(C)cc1C(=O)NCC(=O)N1CCN(c2ccccn2)CC1. The van der Waals surface area contributed by atoms with Crippen LogP contribution in [0.2, 0.25) is 0 Å². The van der Waals surface area contributed by atoms with E-state index < -0.39 is 0 Å². The highest BCUT2D eigenvalue weighted by Crippen LogP contribution is 2.15. The van der Waals surface area contributed by atoms with Gasteiger partial charge in [0, 0.05) is 45.6 Å². The third-order valence-corrected chi connectivity index (χ3v) is 4.24. The van der Waals surface area contributed by atoms with Gasteiger partial charge in [-0.25, -0.2) is 4.98 Å². The monoisotopic (exact) mass is 358 g/mol. The van der Waals surface area contributed by atoms with E-state index in [4.69, 9.17) is 4.74 Å². The Labute approximate surface area is 151 Å². The van der Waals surface area contributed by atoms with E-state index >= 15 is 0 Å². The average molecular weight is 358 g/mol. The van der Waals surface area contributed by atoms with Crippen molar-refractivity contribution in [3.8, 4) is 5.88 Å². The lowest BCUT2D eigenvalue weighted by atomic mass is 10.3. The van der Waals surface area contributed by atoms with Crippen molar-refractivity contribution in [1.82, 2.24) is 25.0 Å². The van der Waals surface area contributed by atoms with E-state index in [0.29, 0.717) is 31.7 Å². The summed E-state index contributed by atoms with van der Waals surface area (Å²) >= 11 is 0. The van der Waals surface area contributed by atoms with Crippen LogP contribution in [0.3, 0.4) is 0 Å². The van der Waals surface area contributed by atoms with Crippen LogP contribution in [0.15, 0.2) is 30.6 Å². The smallest absolute Gasteiger partial charge is 0.258 e. The van der Waals surface area contributed by atoms with E-state index in [0.717, 1.165) is 5.82 Å². The van der Waals surface area contributed by atoms with Gasteiger partial charge in [-0.3, -0.25) is 14.3 Å². The Morgan fingerprint density at radius 2 is 2.00 bits per heavy atom. The average Bonchev–Trinajstić information content (AvgIpc) is 3.07. The predicted molar refractivity (Wildman–Crippen MR) is 95.1 cm³/mol. The topological polar surface area (TPSA) is 92.6 Å². The Kier molecular flexibility index (Phi) is 5.35. The summed E-state index contributed by atoms with van der Waals surface area (Å²) in [5, 5.41) is 6.67. The van der Waals surface area contributed by atoms with Crippen molar-refractivity contribution in [2.24, 2.45) is 7.05 Å². The molecular formula is C17H22N6O3. The number of aryl methyl sites for hydroxylation is 1. The fourth-order valence-corrected chi connectivity index (χ4v) is 2.86. The zero-order chi connectivity index (χ0) is 18.5. The number of pyridine rings is 1. The minimum absolute atomic E-state index is 0.0551. The maximum atomic E-state index is 12.4. The second-order valence-corrected chi connectivity index (χ2v) is 5.96. The Morgan fingerprint density at radius 3 is 2.65 bits per heavy atom. The Bertz CT molecular complexity index is 768. The van der Waals surface area contributed by atoms with E-state index in [1.165, 1.54) is 11.8 Å². The van der Waals surface area contributed by atoms with Crippen LogP contribution in [-0.2, 0) is 11.8 Å². The number of hydrogen-bond acceptors (Lipinski definition) is 6. The number of carbonyl (C=O) groups is 2. The van der Waals surface area contributed by atoms with Crippen LogP contribution >= 0.6 is 0 Å². The molecule has 0 aliphatic carbocycles. The molecule has 1 fully saturated rings. The normalized spacial score (nSPS) is 14.2. The highest BCUT2D eigenvalue weighted by Gasteiger charge is 2.23. The first-order valence-electron chi connectivity index (χ1n) is 8.38. The van der Waals surface area contributed by atoms with Gasteiger partial charge < -0.3 is 19.9 Å². The first kappa shape index (κ1) is 17.7. The van der Waals surface area contributed by atoms with E-state index in [1.54, 1.807) is 24.3 Å². The maximum absolute atomic E-state index is 12.4. The number of rotatable bonds is 5. The molecule has 2 amide bonds. The molecule has 0 atom stereocenters. The maximum Gasteiger partial charge on any atom is 0.258 e. The number of amides is 2. The highest BCUT2D eigenvalue weighted by molar-refractivity contribution is 5.98. The van der Waals surface area contributed by atoms with E-state index in [9.17, 15) is 9.59 Å². The third kappa shape index (κ3) is 3.93. The van der Waals surface area contributed by atoms with Crippen molar-refractivity contribution >= 4 is 17.6 Å². The molecule has 1 saturated heterocycles. The molecular weight excluding hydrogens is 336 g/mol. The lowest BCUT2D eigenvalue weighted by Gasteiger charge is -2.35. The Balaban J connectivity index is 1.49. The molecule has 1 aliphatic rings. The van der Waals surface area contributed by atoms with Gasteiger partial charge in [0.15, 0.2) is 0 Å². The van der Waals surface area contributed by atoms with Crippen LogP contribution in [0.5, 0.6) is 5.88 Å². The molecule has 0 unspecified atom stereocenters. The van der Waals surface area contributed by atoms with Crippen LogP contribution in [0, 0.1) is 0 Å². The molecule has 0 radical (unpaired) electrons. The van der Waals surface area contributed by atoms with E-state index in [-0.39, 0.29) is 24.2 Å². The third-order valence-electron chi connectivity index (χ3n) is 4.24. The van der Waals surface area contributed by atoms with Gasteiger partial charge >= 0.3 is 0 Å². The first-order chi connectivity index (χ1) is 12.6. The number of methoxy groups -OCH3 is 1. The van der Waals surface area contributed by atoms with E-state index in [2.05, 4.69) is 20.3 Å². The molecule has 0 saturated carbocycles. The molecule has 1 N–H and O–H groups in total. The van der Waals surface area contributed by atoms with Crippen LogP contribution in [-0.4, -0.2) is 71.3 Å². The summed E-state index contributed by atoms with van der Waals surface area (Å²) < 4.78 is 6.56. The largest absolute Gasteiger partial charge is 0.479 e. The molecule has 138 valence electrons. The molecule has 3 rings (SSSR count). The summed E-state index contributed by atoms with van der Waals surface area (Å²) in [6, 6.07) is 5.78. The van der Waals surface area contributed by atoms with Crippen LogP contribution < -0.4 is 15.0 Å². The summed E-state index contributed by atoms with van der Waals surface area (Å²) in [5.74, 6) is 0.662. The molecule has 26 heavy (non-hydrogen) atoms. The van der Waals surface area contributed by atoms with Crippen LogP contribution in [0.1, 0.15) is 10.4 Å². The number of ether oxygens (including phenoxy) is 1. The van der Waals surface area contributed by atoms with Crippen molar-refractivity contribution in [1.29, 1.82) is 0 Å². The highest BCUT2D eigenvalue weighted by atomic mass is 16.5. The van der Waals surface area contributed by atoms with Gasteiger partial charge in [0.05, 0.1) is 13.7 Å². The van der Waals surface area contributed by atoms with Gasteiger partial charge in [0.25, 0.3) is 5.91 Å². The Morgan fingerprint density at radius 1 is 1.23 bits per heavy atom. The van der Waals surface area contributed by atoms with Gasteiger partial charge in [-0.1, -0.05) is 6.07 Å². The van der Waals surface area contributed by atoms with Crippen molar-refractivity contribution in [3.63, 3.8) is 0 Å². The molecule has 9 heteroatoms. The van der Waals surface area contributed by atoms with Gasteiger partial charge in [0.2, 0.25) is 11.8 Å². The minimum atomic E-state index is -0.379. The zero-order valence-electron chi connectivity index (χ0n) is 14.9. The Hall–Kier alpha value is -3.10. The number of nitrogens with one attached hydrogen (secondary N) is 1. The van der Waals surface area contributed by atoms with Crippen LogP contribution in [0.25, 0.3) is 0 Å². The summed E-state index contributed by atoms with van der Waals surface area (Å²) in [6.07, 6.45) is 3.32. The zero-order valence-corrected chi connectivity index (χ0v) is 14.9. The fourth-order valence-electron chi connectivity index (χ4n) is 2.86. The summed E-state index contributed by atoms with van der Waals surface area (Å²) in [5.41, 5.74) is 0.308. The van der Waals surface area contributed by atoms with Gasteiger partial charge in [-0.05, 0) is 12.1 Å². The molecule has 1 aliphatic heterocycles. The standard InChI is InChI=1S/C17H22N6O3/c1-21-12-13(17(20-21)26-2)16(25)19-11-15(24)23-9-7-22(8-10-23)14-5-3-4-6-18-14/h3-6,12H,7-11H2,1-2H3,(H,19,25). The molecule has 2 aromatic rings. The molecule has 9 nitrogen and oxygen atoms in total. The number of carbonyl (C=O) groups excluding carboxylic acids is 2. The second-order valence-electron chi connectivity index (χ2n) is 5.96. The van der Waals surface area contributed by atoms with Crippen molar-refractivity contribution < 1.29 is 14.3 Å². The lowest BCUT2D eigenvalue weighted by molar-refractivity contribution is -0.130. The number of aromatic nitrogens is 3. The fraction of sp³-hybridized carbons (Fsp3) is 0.412. The summed E-state index contributed by atoms with van der Waals surface area (Å²) in [6.45, 7) is 2.57. The van der Waals surface area contributed by atoms with Gasteiger partial charge in [-0.15, -0.1) is 5.10 Å². The summed E-state index contributed by atoms with van der Waals surface area (Å²) in [4.78, 5) is 32.8. The molecule has 0 spiro atoms.